The Balaban J connectivity index is 2.30. The molecule has 0 radical (unpaired) electrons. The van der Waals surface area contributed by atoms with Crippen LogP contribution in [0.15, 0.2) is 35.5 Å². The van der Waals surface area contributed by atoms with E-state index in [0.717, 1.165) is 24.5 Å². The number of nitrogens with zero attached hydrogens (tertiary/aromatic N) is 2. The Morgan fingerprint density at radius 2 is 2.12 bits per heavy atom. The third-order valence-electron chi connectivity index (χ3n) is 2.88. The zero-order chi connectivity index (χ0) is 12.3. The number of para-hydroxylation sites is 1. The van der Waals surface area contributed by atoms with E-state index >= 15 is 0 Å². The van der Waals surface area contributed by atoms with Gasteiger partial charge in [-0.05, 0) is 24.5 Å². The molecule has 1 heterocycles. The van der Waals surface area contributed by atoms with Crippen LogP contribution in [0, 0.1) is 0 Å². The van der Waals surface area contributed by atoms with Crippen LogP contribution in [-0.4, -0.2) is 31.4 Å². The van der Waals surface area contributed by atoms with Crippen molar-refractivity contribution >= 4 is 23.5 Å². The molecule has 0 atom stereocenters. The Morgan fingerprint density at radius 3 is 2.88 bits per heavy atom. The van der Waals surface area contributed by atoms with Crippen molar-refractivity contribution in [3.63, 3.8) is 0 Å². The third kappa shape index (κ3) is 2.89. The van der Waals surface area contributed by atoms with Crippen molar-refractivity contribution in [3.05, 3.63) is 41.1 Å². The fourth-order valence-corrected chi connectivity index (χ4v) is 2.29. The molecule has 0 bridgehead atoms. The summed E-state index contributed by atoms with van der Waals surface area (Å²) in [5.74, 6) is 0. The maximum Gasteiger partial charge on any atom is 0.165 e. The first-order chi connectivity index (χ1) is 8.18. The number of aryl methyl sites for hydroxylation is 1. The average Bonchev–Trinajstić information content (AvgIpc) is 2.35. The van der Waals surface area contributed by atoms with Crippen molar-refractivity contribution in [1.29, 1.82) is 0 Å². The maximum absolute atomic E-state index is 6.36. The Bertz CT molecular complexity index is 459. The van der Waals surface area contributed by atoms with E-state index in [1.165, 1.54) is 11.3 Å². The van der Waals surface area contributed by atoms with Crippen molar-refractivity contribution in [2.75, 3.05) is 25.5 Å². The minimum atomic E-state index is 0.783. The molecule has 0 spiro atoms. The van der Waals surface area contributed by atoms with Crippen LogP contribution in [0.1, 0.15) is 12.0 Å². The first-order valence-corrected chi connectivity index (χ1v) is 6.29. The van der Waals surface area contributed by atoms with Gasteiger partial charge in [0.1, 0.15) is 19.3 Å². The summed E-state index contributed by atoms with van der Waals surface area (Å²) in [6.07, 6.45) is 6.22. The van der Waals surface area contributed by atoms with E-state index in [1.54, 1.807) is 0 Å². The molecule has 1 aliphatic rings. The van der Waals surface area contributed by atoms with Gasteiger partial charge in [-0.1, -0.05) is 29.8 Å². The van der Waals surface area contributed by atoms with E-state index in [2.05, 4.69) is 29.2 Å². The summed E-state index contributed by atoms with van der Waals surface area (Å²) in [6.45, 7) is 0.994. The lowest BCUT2D eigenvalue weighted by atomic mass is 10.0. The number of halogens is 1. The second-order valence-corrected chi connectivity index (χ2v) is 4.87. The number of fused-ring (bicyclic) bond motifs is 1. The van der Waals surface area contributed by atoms with Crippen molar-refractivity contribution in [2.45, 2.75) is 12.8 Å². The van der Waals surface area contributed by atoms with Gasteiger partial charge in [-0.3, -0.25) is 0 Å². The van der Waals surface area contributed by atoms with Gasteiger partial charge in [-0.25, -0.2) is 4.58 Å². The first-order valence-electron chi connectivity index (χ1n) is 5.91. The smallest absolute Gasteiger partial charge is 0.165 e. The molecule has 2 nitrogen and oxygen atoms in total. The normalized spacial score (nSPS) is 15.5. The van der Waals surface area contributed by atoms with Crippen molar-refractivity contribution in [1.82, 2.24) is 0 Å². The average molecular weight is 250 g/mol. The summed E-state index contributed by atoms with van der Waals surface area (Å²) in [6, 6.07) is 8.48. The number of benzene rings is 1. The number of rotatable bonds is 2. The molecule has 1 aliphatic heterocycles. The summed E-state index contributed by atoms with van der Waals surface area (Å²) >= 11 is 6.36. The van der Waals surface area contributed by atoms with Crippen LogP contribution >= 0.6 is 11.6 Å². The van der Waals surface area contributed by atoms with Crippen LogP contribution < -0.4 is 4.90 Å². The lowest BCUT2D eigenvalue weighted by molar-refractivity contribution is -0.458. The van der Waals surface area contributed by atoms with Gasteiger partial charge in [0.05, 0.1) is 0 Å². The van der Waals surface area contributed by atoms with E-state index in [9.17, 15) is 0 Å². The van der Waals surface area contributed by atoms with E-state index in [4.69, 9.17) is 11.6 Å². The minimum Gasteiger partial charge on any atom is -0.332 e. The van der Waals surface area contributed by atoms with Crippen LogP contribution in [0.25, 0.3) is 0 Å². The van der Waals surface area contributed by atoms with E-state index in [0.29, 0.717) is 0 Å². The number of hydrogen-bond donors (Lipinski definition) is 0. The number of anilines is 1. The summed E-state index contributed by atoms with van der Waals surface area (Å²) < 4.78 is 1.98. The molecular formula is C14H18ClN2+. The molecule has 1 aromatic carbocycles. The van der Waals surface area contributed by atoms with Crippen molar-refractivity contribution in [3.8, 4) is 0 Å². The zero-order valence-electron chi connectivity index (χ0n) is 10.4. The highest BCUT2D eigenvalue weighted by Gasteiger charge is 2.18. The molecular weight excluding hydrogens is 232 g/mol. The zero-order valence-corrected chi connectivity index (χ0v) is 11.1. The molecule has 0 N–H and O–H groups in total. The van der Waals surface area contributed by atoms with Gasteiger partial charge in [0.15, 0.2) is 6.21 Å². The highest BCUT2D eigenvalue weighted by atomic mass is 35.5. The molecule has 3 heteroatoms. The van der Waals surface area contributed by atoms with E-state index in [1.807, 2.05) is 31.0 Å². The summed E-state index contributed by atoms with van der Waals surface area (Å²) in [4.78, 5) is 2.18. The largest absolute Gasteiger partial charge is 0.332 e. The predicted octanol–water partition coefficient (Wildman–Crippen LogP) is 2.86. The third-order valence-corrected chi connectivity index (χ3v) is 3.21. The number of allylic oxidation sites excluding steroid dienone is 1. The van der Waals surface area contributed by atoms with Gasteiger partial charge in [-0.2, -0.15) is 0 Å². The maximum atomic E-state index is 6.36. The van der Waals surface area contributed by atoms with Crippen LogP contribution in [0.3, 0.4) is 0 Å². The Morgan fingerprint density at radius 1 is 1.35 bits per heavy atom. The van der Waals surface area contributed by atoms with Gasteiger partial charge in [0, 0.05) is 18.3 Å². The molecule has 0 aliphatic carbocycles. The molecule has 17 heavy (non-hydrogen) atoms. The molecule has 0 amide bonds. The Labute approximate surface area is 108 Å². The molecule has 0 aromatic heterocycles. The molecule has 2 rings (SSSR count). The quantitative estimate of drug-likeness (QED) is 0.444. The fraction of sp³-hybridized carbons (Fsp3) is 0.357. The molecule has 90 valence electrons. The highest BCUT2D eigenvalue weighted by molar-refractivity contribution is 6.32. The second-order valence-electron chi connectivity index (χ2n) is 4.49. The van der Waals surface area contributed by atoms with Gasteiger partial charge < -0.3 is 4.90 Å². The first kappa shape index (κ1) is 12.2. The minimum absolute atomic E-state index is 0.783. The van der Waals surface area contributed by atoms with Gasteiger partial charge in [0.2, 0.25) is 0 Å². The van der Waals surface area contributed by atoms with Crippen LogP contribution in [0.5, 0.6) is 0 Å². The monoisotopic (exact) mass is 249 g/mol. The van der Waals surface area contributed by atoms with Crippen LogP contribution in [-0.2, 0) is 6.42 Å². The summed E-state index contributed by atoms with van der Waals surface area (Å²) in [7, 11) is 3.98. The van der Waals surface area contributed by atoms with Crippen LogP contribution in [0.2, 0.25) is 0 Å². The van der Waals surface area contributed by atoms with Crippen LogP contribution in [0.4, 0.5) is 5.69 Å². The van der Waals surface area contributed by atoms with E-state index in [-0.39, 0.29) is 0 Å². The topological polar surface area (TPSA) is 6.25 Å². The fourth-order valence-electron chi connectivity index (χ4n) is 2.06. The predicted molar refractivity (Wildman–Crippen MR) is 74.2 cm³/mol. The Hall–Kier alpha value is -1.28. The van der Waals surface area contributed by atoms with Crippen molar-refractivity contribution in [2.24, 2.45) is 0 Å². The molecule has 1 aromatic rings. The van der Waals surface area contributed by atoms with Gasteiger partial charge >= 0.3 is 0 Å². The standard InChI is InChI=1S/C14H18ClN2/c1-16(2)11-9-14(15)17-10-5-7-12-6-3-4-8-13(12)17/h3-4,6,8-9,11H,5,7,10H2,1-2H3/q+1. The highest BCUT2D eigenvalue weighted by Crippen LogP contribution is 2.30. The van der Waals surface area contributed by atoms with E-state index < -0.39 is 0 Å². The summed E-state index contributed by atoms with van der Waals surface area (Å²) in [5, 5.41) is 0.783. The number of hydrogen-bond acceptors (Lipinski definition) is 1. The second kappa shape index (κ2) is 5.37. The molecule has 0 unspecified atom stereocenters. The summed E-state index contributed by atoms with van der Waals surface area (Å²) in [5.41, 5.74) is 2.63. The van der Waals surface area contributed by atoms with Gasteiger partial charge in [0.25, 0.3) is 0 Å². The lowest BCUT2D eigenvalue weighted by Crippen LogP contribution is -2.26. The van der Waals surface area contributed by atoms with Gasteiger partial charge in [-0.15, -0.1) is 0 Å². The molecule has 0 saturated carbocycles. The SMILES string of the molecule is C[N+](C)=C/C=C(\Cl)N1CCCc2ccccc21. The Kier molecular flexibility index (Phi) is 3.85. The van der Waals surface area contributed by atoms with Crippen molar-refractivity contribution < 1.29 is 4.58 Å². The lowest BCUT2D eigenvalue weighted by Gasteiger charge is -2.30. The molecule has 0 saturated heterocycles. The molecule has 0 fully saturated rings.